The lowest BCUT2D eigenvalue weighted by Crippen LogP contribution is -2.40. The van der Waals surface area contributed by atoms with Crippen LogP contribution < -0.4 is 10.7 Å². The van der Waals surface area contributed by atoms with E-state index in [1.165, 1.54) is 15.9 Å². The molecule has 1 fully saturated rings. The van der Waals surface area contributed by atoms with Gasteiger partial charge in [-0.1, -0.05) is 41.1 Å². The molecule has 2 aromatic carbocycles. The van der Waals surface area contributed by atoms with E-state index < -0.39 is 5.76 Å². The Bertz CT molecular complexity index is 1340. The van der Waals surface area contributed by atoms with Crippen LogP contribution in [-0.4, -0.2) is 59.8 Å². The van der Waals surface area contributed by atoms with Gasteiger partial charge in [-0.15, -0.1) is 0 Å². The van der Waals surface area contributed by atoms with Gasteiger partial charge >= 0.3 is 5.76 Å². The molecule has 10 heteroatoms. The maximum Gasteiger partial charge on any atom is 0.420 e. The van der Waals surface area contributed by atoms with Crippen molar-refractivity contribution in [2.45, 2.75) is 13.0 Å². The minimum atomic E-state index is -0.551. The van der Waals surface area contributed by atoms with E-state index in [0.29, 0.717) is 33.3 Å². The number of morpholine rings is 1. The van der Waals surface area contributed by atoms with E-state index in [4.69, 9.17) is 20.8 Å². The molecular formula is C23H23ClN4O4S. The summed E-state index contributed by atoms with van der Waals surface area (Å²) in [5, 5.41) is 1.12. The molecule has 0 aliphatic carbocycles. The van der Waals surface area contributed by atoms with Gasteiger partial charge in [-0.25, -0.2) is 9.78 Å². The summed E-state index contributed by atoms with van der Waals surface area (Å²) in [4.78, 5) is 34.5. The first-order chi connectivity index (χ1) is 16.1. The lowest BCUT2D eigenvalue weighted by Gasteiger charge is -2.27. The highest BCUT2D eigenvalue weighted by molar-refractivity contribution is 7.22. The van der Waals surface area contributed by atoms with Crippen molar-refractivity contribution >= 4 is 55.3 Å². The summed E-state index contributed by atoms with van der Waals surface area (Å²) < 4.78 is 13.0. The summed E-state index contributed by atoms with van der Waals surface area (Å²) in [5.41, 5.74) is 1.73. The second kappa shape index (κ2) is 9.64. The second-order valence-corrected chi connectivity index (χ2v) is 9.27. The number of thiazole rings is 1. The third kappa shape index (κ3) is 4.67. The number of nitrogens with zero attached hydrogens (tertiary/aromatic N) is 4. The maximum atomic E-state index is 13.5. The van der Waals surface area contributed by atoms with E-state index in [-0.39, 0.29) is 12.5 Å². The fourth-order valence-electron chi connectivity index (χ4n) is 4.01. The Kier molecular flexibility index (Phi) is 6.45. The Hall–Kier alpha value is -2.72. The predicted octanol–water partition coefficient (Wildman–Crippen LogP) is 3.61. The molecule has 0 atom stereocenters. The summed E-state index contributed by atoms with van der Waals surface area (Å²) in [6, 6.07) is 12.7. The summed E-state index contributed by atoms with van der Waals surface area (Å²) >= 11 is 7.75. The molecular weight excluding hydrogens is 464 g/mol. The number of para-hydroxylation sites is 3. The Morgan fingerprint density at radius 1 is 1.15 bits per heavy atom. The summed E-state index contributed by atoms with van der Waals surface area (Å²) in [6.07, 6.45) is 0.774. The van der Waals surface area contributed by atoms with Gasteiger partial charge in [0.1, 0.15) is 12.1 Å². The van der Waals surface area contributed by atoms with Gasteiger partial charge in [-0.3, -0.25) is 19.2 Å². The first kappa shape index (κ1) is 22.1. The molecule has 0 N–H and O–H groups in total. The lowest BCUT2D eigenvalue weighted by molar-refractivity contribution is -0.119. The number of carbonyl (C=O) groups excluding carboxylic acids is 1. The van der Waals surface area contributed by atoms with E-state index >= 15 is 0 Å². The van der Waals surface area contributed by atoms with Gasteiger partial charge in [0.25, 0.3) is 0 Å². The van der Waals surface area contributed by atoms with Crippen LogP contribution in [0.4, 0.5) is 5.13 Å². The molecule has 33 heavy (non-hydrogen) atoms. The van der Waals surface area contributed by atoms with E-state index in [1.807, 2.05) is 18.2 Å². The number of hydrogen-bond acceptors (Lipinski definition) is 7. The zero-order valence-electron chi connectivity index (χ0n) is 17.9. The number of aromatic nitrogens is 2. The second-order valence-electron chi connectivity index (χ2n) is 7.86. The van der Waals surface area contributed by atoms with Crippen LogP contribution in [0.1, 0.15) is 6.42 Å². The molecule has 2 aromatic heterocycles. The van der Waals surface area contributed by atoms with Crippen LogP contribution in [0.25, 0.3) is 21.3 Å². The number of amides is 1. The predicted molar refractivity (Wildman–Crippen MR) is 129 cm³/mol. The number of halogens is 1. The maximum absolute atomic E-state index is 13.5. The topological polar surface area (TPSA) is 80.8 Å². The molecule has 5 rings (SSSR count). The fourth-order valence-corrected chi connectivity index (χ4v) is 5.32. The Balaban J connectivity index is 1.41. The van der Waals surface area contributed by atoms with Crippen LogP contribution in [0.2, 0.25) is 5.02 Å². The Labute approximate surface area is 198 Å². The lowest BCUT2D eigenvalue weighted by atomic mass is 10.3. The summed E-state index contributed by atoms with van der Waals surface area (Å²) in [6.45, 7) is 4.45. The fraction of sp³-hybridized carbons (Fsp3) is 0.348. The van der Waals surface area contributed by atoms with Crippen LogP contribution in [0.15, 0.2) is 51.7 Å². The third-order valence-electron chi connectivity index (χ3n) is 5.72. The van der Waals surface area contributed by atoms with Gasteiger partial charge in [0.05, 0.1) is 28.5 Å². The smallest absolute Gasteiger partial charge is 0.408 e. The standard InChI is InChI=1S/C23H23ClN4O4S/c24-16-5-3-8-19-21(16)25-22(33-19)27(10-4-9-26-11-13-31-14-12-26)20(29)15-28-17-6-1-2-7-18(17)32-23(28)30/h1-3,5-8H,4,9-15H2. The molecule has 4 aromatic rings. The van der Waals surface area contributed by atoms with Crippen molar-refractivity contribution in [1.29, 1.82) is 0 Å². The SMILES string of the molecule is O=C(Cn1c(=O)oc2ccccc21)N(CCCN1CCOCC1)c1nc2c(Cl)cccc2s1. The van der Waals surface area contributed by atoms with Gasteiger partial charge in [0, 0.05) is 26.2 Å². The van der Waals surface area contributed by atoms with Crippen molar-refractivity contribution in [3.05, 3.63) is 58.0 Å². The molecule has 0 spiro atoms. The number of fused-ring (bicyclic) bond motifs is 2. The van der Waals surface area contributed by atoms with Crippen molar-refractivity contribution in [2.24, 2.45) is 0 Å². The molecule has 1 aliphatic rings. The summed E-state index contributed by atoms with van der Waals surface area (Å²) in [5.74, 6) is -0.772. The van der Waals surface area contributed by atoms with Crippen LogP contribution >= 0.6 is 22.9 Å². The van der Waals surface area contributed by atoms with E-state index in [2.05, 4.69) is 9.88 Å². The molecule has 3 heterocycles. The van der Waals surface area contributed by atoms with Crippen molar-refractivity contribution in [2.75, 3.05) is 44.3 Å². The Morgan fingerprint density at radius 3 is 2.79 bits per heavy atom. The van der Waals surface area contributed by atoms with Crippen LogP contribution in [0, 0.1) is 0 Å². The number of benzene rings is 2. The average Bonchev–Trinajstić information content (AvgIpc) is 3.39. The van der Waals surface area contributed by atoms with Crippen molar-refractivity contribution in [1.82, 2.24) is 14.5 Å². The zero-order valence-corrected chi connectivity index (χ0v) is 19.5. The quantitative estimate of drug-likeness (QED) is 0.397. The molecule has 1 saturated heterocycles. The number of anilines is 1. The monoisotopic (exact) mass is 486 g/mol. The highest BCUT2D eigenvalue weighted by Crippen LogP contribution is 2.33. The van der Waals surface area contributed by atoms with E-state index in [1.54, 1.807) is 29.2 Å². The van der Waals surface area contributed by atoms with Crippen LogP contribution in [0.3, 0.4) is 0 Å². The molecule has 0 unspecified atom stereocenters. The largest absolute Gasteiger partial charge is 0.420 e. The van der Waals surface area contributed by atoms with Gasteiger partial charge < -0.3 is 9.15 Å². The number of oxazole rings is 1. The number of rotatable bonds is 7. The minimum absolute atomic E-state index is 0.128. The summed E-state index contributed by atoms with van der Waals surface area (Å²) in [7, 11) is 0. The normalized spacial score (nSPS) is 14.8. The highest BCUT2D eigenvalue weighted by atomic mass is 35.5. The van der Waals surface area contributed by atoms with Gasteiger partial charge in [-0.05, 0) is 30.7 Å². The van der Waals surface area contributed by atoms with Crippen molar-refractivity contribution < 1.29 is 13.9 Å². The molecule has 8 nitrogen and oxygen atoms in total. The molecule has 172 valence electrons. The zero-order chi connectivity index (χ0) is 22.8. The average molecular weight is 487 g/mol. The molecule has 1 amide bonds. The van der Waals surface area contributed by atoms with Gasteiger partial charge in [0.15, 0.2) is 10.7 Å². The minimum Gasteiger partial charge on any atom is -0.408 e. The first-order valence-electron chi connectivity index (χ1n) is 10.8. The van der Waals surface area contributed by atoms with E-state index in [0.717, 1.165) is 44.0 Å². The molecule has 0 saturated carbocycles. The third-order valence-corrected chi connectivity index (χ3v) is 7.07. The van der Waals surface area contributed by atoms with E-state index in [9.17, 15) is 9.59 Å². The van der Waals surface area contributed by atoms with Crippen LogP contribution in [-0.2, 0) is 16.1 Å². The Morgan fingerprint density at radius 2 is 1.97 bits per heavy atom. The van der Waals surface area contributed by atoms with Crippen molar-refractivity contribution in [3.63, 3.8) is 0 Å². The molecule has 0 radical (unpaired) electrons. The van der Waals surface area contributed by atoms with Gasteiger partial charge in [-0.2, -0.15) is 0 Å². The van der Waals surface area contributed by atoms with Gasteiger partial charge in [0.2, 0.25) is 5.91 Å². The number of hydrogen-bond donors (Lipinski definition) is 0. The first-order valence-corrected chi connectivity index (χ1v) is 12.0. The van der Waals surface area contributed by atoms with Crippen molar-refractivity contribution in [3.8, 4) is 0 Å². The molecule has 1 aliphatic heterocycles. The highest BCUT2D eigenvalue weighted by Gasteiger charge is 2.23. The van der Waals surface area contributed by atoms with Crippen LogP contribution in [0.5, 0.6) is 0 Å². The molecule has 0 bridgehead atoms. The number of carbonyl (C=O) groups is 1. The number of ether oxygens (including phenoxy) is 1.